The summed E-state index contributed by atoms with van der Waals surface area (Å²) in [6.45, 7) is 6.70. The molecule has 0 radical (unpaired) electrons. The first-order valence-electron chi connectivity index (χ1n) is 11.2. The second-order valence-electron chi connectivity index (χ2n) is 8.54. The molecule has 158 valence electrons. The number of morpholine rings is 1. The predicted octanol–water partition coefficient (Wildman–Crippen LogP) is 4.12. The van der Waals surface area contributed by atoms with Gasteiger partial charge in [-0.05, 0) is 50.3 Å². The third-order valence-corrected chi connectivity index (χ3v) is 8.81. The monoisotopic (exact) mass is 432 g/mol. The van der Waals surface area contributed by atoms with E-state index in [4.69, 9.17) is 14.7 Å². The Kier molecular flexibility index (Phi) is 6.28. The highest BCUT2D eigenvalue weighted by Crippen LogP contribution is 2.40. The molecule has 2 saturated heterocycles. The highest BCUT2D eigenvalue weighted by atomic mass is 32.2. The maximum absolute atomic E-state index is 5.53. The molecule has 2 aliphatic heterocycles. The van der Waals surface area contributed by atoms with Gasteiger partial charge in [0.15, 0.2) is 0 Å². The van der Waals surface area contributed by atoms with Crippen LogP contribution in [-0.4, -0.2) is 65.8 Å². The molecule has 29 heavy (non-hydrogen) atoms. The molecule has 0 bridgehead atoms. The molecule has 1 atom stereocenters. The van der Waals surface area contributed by atoms with Crippen LogP contribution in [0.2, 0.25) is 0 Å². The summed E-state index contributed by atoms with van der Waals surface area (Å²) in [5.74, 6) is 2.23. The quantitative estimate of drug-likeness (QED) is 0.724. The van der Waals surface area contributed by atoms with Crippen LogP contribution in [0, 0.1) is 0 Å². The maximum atomic E-state index is 5.53. The molecular formula is C22H32N4OS2. The number of nitrogens with zero attached hydrogens (tertiary/aromatic N) is 4. The summed E-state index contributed by atoms with van der Waals surface area (Å²) in [6.07, 6.45) is 11.2. The maximum Gasteiger partial charge on any atom is 0.146 e. The zero-order valence-corrected chi connectivity index (χ0v) is 19.1. The molecule has 2 fully saturated rings. The highest BCUT2D eigenvalue weighted by molar-refractivity contribution is 7.99. The molecule has 2 aromatic heterocycles. The average molecular weight is 433 g/mol. The Morgan fingerprint density at radius 2 is 1.93 bits per heavy atom. The van der Waals surface area contributed by atoms with E-state index in [9.17, 15) is 0 Å². The number of fused-ring (bicyclic) bond motifs is 3. The molecule has 3 aliphatic rings. The molecular weight excluding hydrogens is 400 g/mol. The van der Waals surface area contributed by atoms with Crippen LogP contribution in [0.4, 0.5) is 5.82 Å². The van der Waals surface area contributed by atoms with E-state index in [0.29, 0.717) is 5.25 Å². The molecule has 7 heteroatoms. The zero-order valence-electron chi connectivity index (χ0n) is 17.5. The second-order valence-corrected chi connectivity index (χ2v) is 10.8. The standard InChI is InChI=1S/C22H32N4OS2/c1-28-16-6-4-5-9-26(14-16)21-20-17-7-2-3-8-18(17)29-22(20)24-19(23-21)15-25-10-12-27-13-11-25/h16H,2-15H2,1H3. The van der Waals surface area contributed by atoms with E-state index in [-0.39, 0.29) is 0 Å². The van der Waals surface area contributed by atoms with Crippen LogP contribution in [0.5, 0.6) is 0 Å². The van der Waals surface area contributed by atoms with Crippen LogP contribution in [0.15, 0.2) is 0 Å². The molecule has 0 amide bonds. The van der Waals surface area contributed by atoms with Crippen molar-refractivity contribution >= 4 is 39.1 Å². The fourth-order valence-corrected chi connectivity index (χ4v) is 6.93. The molecule has 5 nitrogen and oxygen atoms in total. The number of aromatic nitrogens is 2. The van der Waals surface area contributed by atoms with E-state index in [0.717, 1.165) is 51.8 Å². The molecule has 0 saturated carbocycles. The van der Waals surface area contributed by atoms with Gasteiger partial charge in [0.25, 0.3) is 0 Å². The van der Waals surface area contributed by atoms with Crippen molar-refractivity contribution in [3.8, 4) is 0 Å². The van der Waals surface area contributed by atoms with Crippen molar-refractivity contribution in [3.63, 3.8) is 0 Å². The van der Waals surface area contributed by atoms with E-state index in [1.807, 2.05) is 23.1 Å². The van der Waals surface area contributed by atoms with Gasteiger partial charge >= 0.3 is 0 Å². The number of ether oxygens (including phenoxy) is 1. The number of thioether (sulfide) groups is 1. The lowest BCUT2D eigenvalue weighted by atomic mass is 9.97. The van der Waals surface area contributed by atoms with Crippen molar-refractivity contribution < 1.29 is 4.74 Å². The Balaban J connectivity index is 1.55. The van der Waals surface area contributed by atoms with Crippen molar-refractivity contribution in [3.05, 3.63) is 16.3 Å². The van der Waals surface area contributed by atoms with Crippen molar-refractivity contribution in [2.75, 3.05) is 50.5 Å². The second kappa shape index (κ2) is 9.08. The summed E-state index contributed by atoms with van der Waals surface area (Å²) in [7, 11) is 0. The number of anilines is 1. The van der Waals surface area contributed by atoms with Gasteiger partial charge in [-0.3, -0.25) is 4.90 Å². The van der Waals surface area contributed by atoms with Gasteiger partial charge in [-0.2, -0.15) is 11.8 Å². The van der Waals surface area contributed by atoms with Crippen LogP contribution < -0.4 is 4.90 Å². The van der Waals surface area contributed by atoms with E-state index in [1.165, 1.54) is 61.0 Å². The molecule has 5 rings (SSSR count). The van der Waals surface area contributed by atoms with Crippen LogP contribution in [0.25, 0.3) is 10.2 Å². The van der Waals surface area contributed by atoms with Gasteiger partial charge < -0.3 is 9.64 Å². The van der Waals surface area contributed by atoms with Gasteiger partial charge in [0.2, 0.25) is 0 Å². The normalized spacial score (nSPS) is 23.9. The zero-order chi connectivity index (χ0) is 19.6. The summed E-state index contributed by atoms with van der Waals surface area (Å²) in [5.41, 5.74) is 1.56. The molecule has 0 N–H and O–H groups in total. The molecule has 4 heterocycles. The predicted molar refractivity (Wildman–Crippen MR) is 124 cm³/mol. The van der Waals surface area contributed by atoms with Crippen molar-refractivity contribution in [2.24, 2.45) is 0 Å². The van der Waals surface area contributed by atoms with Crippen LogP contribution in [-0.2, 0) is 24.1 Å². The third-order valence-electron chi connectivity index (χ3n) is 6.57. The molecule has 1 unspecified atom stereocenters. The van der Waals surface area contributed by atoms with E-state index in [1.54, 1.807) is 10.4 Å². The molecule has 1 aliphatic carbocycles. The van der Waals surface area contributed by atoms with Crippen LogP contribution in [0.3, 0.4) is 0 Å². The largest absolute Gasteiger partial charge is 0.379 e. The highest BCUT2D eigenvalue weighted by Gasteiger charge is 2.26. The average Bonchev–Trinajstić information content (AvgIpc) is 2.95. The minimum atomic E-state index is 0.708. The Labute approximate surface area is 182 Å². The molecule has 0 spiro atoms. The first-order valence-corrected chi connectivity index (χ1v) is 13.3. The smallest absolute Gasteiger partial charge is 0.146 e. The minimum absolute atomic E-state index is 0.708. The number of rotatable bonds is 4. The van der Waals surface area contributed by atoms with E-state index < -0.39 is 0 Å². The van der Waals surface area contributed by atoms with E-state index in [2.05, 4.69) is 16.1 Å². The number of aryl methyl sites for hydroxylation is 2. The van der Waals surface area contributed by atoms with Gasteiger partial charge in [-0.1, -0.05) is 6.42 Å². The first kappa shape index (κ1) is 20.0. The SMILES string of the molecule is CSC1CCCCN(c2nc(CN3CCOCC3)nc3sc4c(c23)CCCC4)C1. The van der Waals surface area contributed by atoms with Gasteiger partial charge in [0.1, 0.15) is 16.5 Å². The summed E-state index contributed by atoms with van der Waals surface area (Å²) >= 11 is 3.96. The van der Waals surface area contributed by atoms with Crippen molar-refractivity contribution in [1.29, 1.82) is 0 Å². The van der Waals surface area contributed by atoms with Crippen LogP contribution in [0.1, 0.15) is 48.4 Å². The lowest BCUT2D eigenvalue weighted by molar-refractivity contribution is 0.0331. The summed E-state index contributed by atoms with van der Waals surface area (Å²) in [4.78, 5) is 18.2. The van der Waals surface area contributed by atoms with Gasteiger partial charge in [0.05, 0.1) is 25.1 Å². The molecule has 2 aromatic rings. The van der Waals surface area contributed by atoms with Gasteiger partial charge in [0, 0.05) is 36.3 Å². The minimum Gasteiger partial charge on any atom is -0.379 e. The number of hydrogen-bond donors (Lipinski definition) is 0. The van der Waals surface area contributed by atoms with E-state index >= 15 is 0 Å². The Bertz CT molecular complexity index is 849. The first-order chi connectivity index (χ1) is 14.3. The summed E-state index contributed by atoms with van der Waals surface area (Å²) in [5, 5.41) is 2.09. The summed E-state index contributed by atoms with van der Waals surface area (Å²) in [6, 6.07) is 0. The van der Waals surface area contributed by atoms with Crippen molar-refractivity contribution in [1.82, 2.24) is 14.9 Å². The lowest BCUT2D eigenvalue weighted by Gasteiger charge is -2.28. The van der Waals surface area contributed by atoms with Gasteiger partial charge in [-0.15, -0.1) is 11.3 Å². The Morgan fingerprint density at radius 1 is 1.07 bits per heavy atom. The number of hydrogen-bond acceptors (Lipinski definition) is 7. The number of thiophene rings is 1. The molecule has 0 aromatic carbocycles. The Hall–Kier alpha value is -0.890. The Morgan fingerprint density at radius 3 is 2.79 bits per heavy atom. The topological polar surface area (TPSA) is 41.5 Å². The fraction of sp³-hybridized carbons (Fsp3) is 0.727. The fourth-order valence-electron chi connectivity index (χ4n) is 4.93. The summed E-state index contributed by atoms with van der Waals surface area (Å²) < 4.78 is 5.53. The van der Waals surface area contributed by atoms with Gasteiger partial charge in [-0.25, -0.2) is 9.97 Å². The lowest BCUT2D eigenvalue weighted by Crippen LogP contribution is -2.36. The van der Waals surface area contributed by atoms with Crippen molar-refractivity contribution in [2.45, 2.75) is 56.7 Å². The van der Waals surface area contributed by atoms with Crippen LogP contribution >= 0.6 is 23.1 Å². The third kappa shape index (κ3) is 4.29.